The number of hydrogen-bond donors (Lipinski definition) is 1. The number of piperidine rings is 1. The highest BCUT2D eigenvalue weighted by molar-refractivity contribution is 6.28. The van der Waals surface area contributed by atoms with Crippen LogP contribution in [0.25, 0.3) is 10.9 Å². The minimum Gasteiger partial charge on any atom is -0.316 e. The molecule has 100 valence electrons. The zero-order chi connectivity index (χ0) is 13.2. The van der Waals surface area contributed by atoms with Gasteiger partial charge in [0.2, 0.25) is 5.28 Å². The highest BCUT2D eigenvalue weighted by Gasteiger charge is 2.17. The summed E-state index contributed by atoms with van der Waals surface area (Å²) in [6.45, 7) is 2.65. The summed E-state index contributed by atoms with van der Waals surface area (Å²) in [7, 11) is 0. The van der Waals surface area contributed by atoms with Gasteiger partial charge in [0.15, 0.2) is 0 Å². The molecular weight excluding hydrogens is 262 g/mol. The smallest absolute Gasteiger partial charge is 0.262 e. The van der Waals surface area contributed by atoms with Gasteiger partial charge in [0.25, 0.3) is 5.56 Å². The molecule has 1 aliphatic heterocycles. The van der Waals surface area contributed by atoms with Crippen molar-refractivity contribution in [2.45, 2.75) is 19.4 Å². The van der Waals surface area contributed by atoms with Crippen molar-refractivity contribution in [3.8, 4) is 0 Å². The Kier molecular flexibility index (Phi) is 3.53. The second-order valence-corrected chi connectivity index (χ2v) is 5.36. The summed E-state index contributed by atoms with van der Waals surface area (Å²) in [6, 6.07) is 7.33. The van der Waals surface area contributed by atoms with Crippen LogP contribution < -0.4 is 10.9 Å². The minimum absolute atomic E-state index is 0.0406. The second-order valence-electron chi connectivity index (χ2n) is 5.03. The van der Waals surface area contributed by atoms with Gasteiger partial charge in [-0.05, 0) is 55.6 Å². The fourth-order valence-corrected chi connectivity index (χ4v) is 2.87. The first-order valence-corrected chi connectivity index (χ1v) is 6.99. The zero-order valence-electron chi connectivity index (χ0n) is 10.6. The maximum absolute atomic E-state index is 12.4. The second kappa shape index (κ2) is 5.31. The molecule has 1 fully saturated rings. The summed E-state index contributed by atoms with van der Waals surface area (Å²) >= 11 is 6.16. The Morgan fingerprint density at radius 3 is 3.05 bits per heavy atom. The average molecular weight is 278 g/mol. The molecule has 1 aliphatic rings. The van der Waals surface area contributed by atoms with Crippen molar-refractivity contribution in [1.82, 2.24) is 14.9 Å². The van der Waals surface area contributed by atoms with Crippen molar-refractivity contribution in [3.63, 3.8) is 0 Å². The Bertz CT molecular complexity index is 647. The Morgan fingerprint density at radius 1 is 1.42 bits per heavy atom. The van der Waals surface area contributed by atoms with Gasteiger partial charge in [-0.3, -0.25) is 9.36 Å². The van der Waals surface area contributed by atoms with Crippen LogP contribution >= 0.6 is 11.6 Å². The molecule has 1 N–H and O–H groups in total. The maximum atomic E-state index is 12.4. The SMILES string of the molecule is O=c1c2ccccc2nc(Cl)n1CC1CCCNC1. The molecule has 3 rings (SSSR count). The van der Waals surface area contributed by atoms with Crippen LogP contribution in [0.5, 0.6) is 0 Å². The molecule has 1 saturated heterocycles. The normalized spacial score (nSPS) is 19.7. The third-order valence-corrected chi connectivity index (χ3v) is 3.94. The molecule has 19 heavy (non-hydrogen) atoms. The molecule has 4 nitrogen and oxygen atoms in total. The van der Waals surface area contributed by atoms with Crippen LogP contribution in [0.3, 0.4) is 0 Å². The topological polar surface area (TPSA) is 46.9 Å². The molecular formula is C14H16ClN3O. The zero-order valence-corrected chi connectivity index (χ0v) is 11.4. The van der Waals surface area contributed by atoms with E-state index in [2.05, 4.69) is 10.3 Å². The predicted molar refractivity (Wildman–Crippen MR) is 76.6 cm³/mol. The Hall–Kier alpha value is -1.39. The minimum atomic E-state index is -0.0406. The highest BCUT2D eigenvalue weighted by Crippen LogP contribution is 2.16. The van der Waals surface area contributed by atoms with Crippen molar-refractivity contribution in [2.24, 2.45) is 5.92 Å². The van der Waals surface area contributed by atoms with Crippen molar-refractivity contribution < 1.29 is 0 Å². The van der Waals surface area contributed by atoms with E-state index in [0.717, 1.165) is 25.9 Å². The number of aromatic nitrogens is 2. The Balaban J connectivity index is 2.00. The van der Waals surface area contributed by atoms with Gasteiger partial charge in [-0.2, -0.15) is 0 Å². The fraction of sp³-hybridized carbons (Fsp3) is 0.429. The van der Waals surface area contributed by atoms with Crippen LogP contribution in [0, 0.1) is 5.92 Å². The van der Waals surface area contributed by atoms with Crippen molar-refractivity contribution in [3.05, 3.63) is 39.9 Å². The molecule has 0 aliphatic carbocycles. The van der Waals surface area contributed by atoms with Crippen LogP contribution in [0.4, 0.5) is 0 Å². The molecule has 0 bridgehead atoms. The Morgan fingerprint density at radius 2 is 2.26 bits per heavy atom. The molecule has 1 unspecified atom stereocenters. The summed E-state index contributed by atoms with van der Waals surface area (Å²) in [5, 5.41) is 4.27. The average Bonchev–Trinajstić information content (AvgIpc) is 2.45. The molecule has 1 atom stereocenters. The van der Waals surface area contributed by atoms with Gasteiger partial charge in [0, 0.05) is 6.54 Å². The third kappa shape index (κ3) is 2.51. The first-order chi connectivity index (χ1) is 9.25. The van der Waals surface area contributed by atoms with E-state index >= 15 is 0 Å². The van der Waals surface area contributed by atoms with Crippen molar-refractivity contribution in [1.29, 1.82) is 0 Å². The molecule has 0 saturated carbocycles. The first-order valence-electron chi connectivity index (χ1n) is 6.61. The number of fused-ring (bicyclic) bond motifs is 1. The number of benzene rings is 1. The van der Waals surface area contributed by atoms with Crippen LogP contribution in [-0.4, -0.2) is 22.6 Å². The number of hydrogen-bond acceptors (Lipinski definition) is 3. The molecule has 5 heteroatoms. The summed E-state index contributed by atoms with van der Waals surface area (Å²) in [4.78, 5) is 16.8. The number of rotatable bonds is 2. The molecule has 1 aromatic heterocycles. The van der Waals surface area contributed by atoms with E-state index in [9.17, 15) is 4.79 Å². The predicted octanol–water partition coefficient (Wildman–Crippen LogP) is 2.05. The number of nitrogens with one attached hydrogen (secondary N) is 1. The van der Waals surface area contributed by atoms with Crippen molar-refractivity contribution >= 4 is 22.5 Å². The van der Waals surface area contributed by atoms with Gasteiger partial charge >= 0.3 is 0 Å². The lowest BCUT2D eigenvalue weighted by Gasteiger charge is -2.23. The van der Waals surface area contributed by atoms with Gasteiger partial charge in [-0.15, -0.1) is 0 Å². The third-order valence-electron chi connectivity index (χ3n) is 3.65. The standard InChI is InChI=1S/C14H16ClN3O/c15-14-17-12-6-2-1-5-11(12)13(19)18(14)9-10-4-3-7-16-8-10/h1-2,5-6,10,16H,3-4,7-9H2. The van der Waals surface area contributed by atoms with Crippen LogP contribution in [0.2, 0.25) is 5.28 Å². The lowest BCUT2D eigenvalue weighted by Crippen LogP contribution is -2.35. The summed E-state index contributed by atoms with van der Waals surface area (Å²) < 4.78 is 1.60. The van der Waals surface area contributed by atoms with Gasteiger partial charge in [-0.1, -0.05) is 12.1 Å². The lowest BCUT2D eigenvalue weighted by molar-refractivity contribution is 0.333. The van der Waals surface area contributed by atoms with E-state index in [0.29, 0.717) is 23.4 Å². The molecule has 0 amide bonds. The van der Waals surface area contributed by atoms with Crippen molar-refractivity contribution in [2.75, 3.05) is 13.1 Å². The van der Waals surface area contributed by atoms with Gasteiger partial charge < -0.3 is 5.32 Å². The lowest BCUT2D eigenvalue weighted by atomic mass is 10.00. The van der Waals surface area contributed by atoms with Crippen LogP contribution in [0.1, 0.15) is 12.8 Å². The summed E-state index contributed by atoms with van der Waals surface area (Å²) in [5.74, 6) is 0.451. The van der Waals surface area contributed by atoms with Gasteiger partial charge in [-0.25, -0.2) is 4.98 Å². The molecule has 2 aromatic rings. The Labute approximate surface area is 116 Å². The number of para-hydroxylation sites is 1. The first kappa shape index (κ1) is 12.6. The van der Waals surface area contributed by atoms with E-state index in [1.807, 2.05) is 18.2 Å². The number of halogens is 1. The largest absolute Gasteiger partial charge is 0.316 e. The van der Waals surface area contributed by atoms with Gasteiger partial charge in [0.1, 0.15) is 0 Å². The molecule has 0 radical (unpaired) electrons. The fourth-order valence-electron chi connectivity index (χ4n) is 2.64. The monoisotopic (exact) mass is 277 g/mol. The molecule has 2 heterocycles. The van der Waals surface area contributed by atoms with Crippen LogP contribution in [-0.2, 0) is 6.54 Å². The summed E-state index contributed by atoms with van der Waals surface area (Å²) in [6.07, 6.45) is 2.28. The van der Waals surface area contributed by atoms with Gasteiger partial charge in [0.05, 0.1) is 10.9 Å². The molecule has 1 aromatic carbocycles. The summed E-state index contributed by atoms with van der Waals surface area (Å²) in [5.41, 5.74) is 0.622. The maximum Gasteiger partial charge on any atom is 0.262 e. The van der Waals surface area contributed by atoms with Crippen LogP contribution in [0.15, 0.2) is 29.1 Å². The van der Waals surface area contributed by atoms with E-state index in [1.54, 1.807) is 10.6 Å². The number of nitrogens with zero attached hydrogens (tertiary/aromatic N) is 2. The quantitative estimate of drug-likeness (QED) is 0.855. The highest BCUT2D eigenvalue weighted by atomic mass is 35.5. The van der Waals surface area contributed by atoms with E-state index < -0.39 is 0 Å². The van der Waals surface area contributed by atoms with E-state index in [-0.39, 0.29) is 10.8 Å². The molecule has 0 spiro atoms. The van der Waals surface area contributed by atoms with E-state index in [4.69, 9.17) is 11.6 Å². The van der Waals surface area contributed by atoms with E-state index in [1.165, 1.54) is 0 Å².